The zero-order valence-corrected chi connectivity index (χ0v) is 14.4. The fraction of sp³-hybridized carbons (Fsp3) is 0.333. The molecule has 0 atom stereocenters. The molecular formula is C18H20N2O5. The van der Waals surface area contributed by atoms with E-state index >= 15 is 0 Å². The van der Waals surface area contributed by atoms with Gasteiger partial charge in [-0.25, -0.2) is 0 Å². The van der Waals surface area contributed by atoms with Crippen LogP contribution in [0.5, 0.6) is 11.5 Å². The molecule has 0 fully saturated rings. The van der Waals surface area contributed by atoms with Crippen molar-refractivity contribution in [3.63, 3.8) is 0 Å². The van der Waals surface area contributed by atoms with Crippen molar-refractivity contribution in [1.29, 1.82) is 0 Å². The number of methoxy groups -OCH3 is 2. The van der Waals surface area contributed by atoms with Crippen molar-refractivity contribution >= 4 is 17.3 Å². The lowest BCUT2D eigenvalue weighted by Gasteiger charge is -2.11. The molecule has 1 aromatic carbocycles. The maximum Gasteiger partial charge on any atom is 0.291 e. The highest BCUT2D eigenvalue weighted by Gasteiger charge is 2.28. The van der Waals surface area contributed by atoms with E-state index in [2.05, 4.69) is 10.5 Å². The molecule has 1 aromatic heterocycles. The van der Waals surface area contributed by atoms with E-state index in [-0.39, 0.29) is 5.76 Å². The summed E-state index contributed by atoms with van der Waals surface area (Å²) in [5.74, 6) is 1.61. The molecule has 0 unspecified atom stereocenters. The highest BCUT2D eigenvalue weighted by Crippen LogP contribution is 2.32. The molecule has 0 saturated heterocycles. The van der Waals surface area contributed by atoms with Gasteiger partial charge in [0.1, 0.15) is 17.3 Å². The molecule has 0 saturated carbocycles. The van der Waals surface area contributed by atoms with Crippen molar-refractivity contribution in [3.8, 4) is 11.5 Å². The molecule has 1 heterocycles. The summed E-state index contributed by atoms with van der Waals surface area (Å²) in [6.07, 6.45) is 2.20. The second-order valence-electron chi connectivity index (χ2n) is 5.77. The molecule has 3 rings (SSSR count). The van der Waals surface area contributed by atoms with E-state index in [0.29, 0.717) is 47.1 Å². The van der Waals surface area contributed by atoms with Crippen LogP contribution in [0.4, 0.5) is 5.69 Å². The molecule has 1 amide bonds. The number of nitrogens with zero attached hydrogens (tertiary/aromatic N) is 1. The first-order valence-electron chi connectivity index (χ1n) is 7.96. The maximum absolute atomic E-state index is 12.7. The number of hydrogen-bond acceptors (Lipinski definition) is 6. The molecule has 7 heteroatoms. The van der Waals surface area contributed by atoms with Gasteiger partial charge in [-0.05, 0) is 31.9 Å². The zero-order valence-electron chi connectivity index (χ0n) is 14.4. The minimum atomic E-state index is -0.393. The normalized spacial score (nSPS) is 14.9. The van der Waals surface area contributed by atoms with Crippen LogP contribution in [0, 0.1) is 6.92 Å². The van der Waals surface area contributed by atoms with Gasteiger partial charge < -0.3 is 24.4 Å². The van der Waals surface area contributed by atoms with Gasteiger partial charge in [-0.15, -0.1) is 0 Å². The number of fused-ring (bicyclic) bond motifs is 1. The number of furan rings is 1. The number of rotatable bonds is 4. The van der Waals surface area contributed by atoms with Gasteiger partial charge in [0.05, 0.1) is 25.6 Å². The van der Waals surface area contributed by atoms with Crippen molar-refractivity contribution in [2.24, 2.45) is 5.16 Å². The van der Waals surface area contributed by atoms with Crippen LogP contribution >= 0.6 is 0 Å². The van der Waals surface area contributed by atoms with E-state index in [1.807, 2.05) is 0 Å². The van der Waals surface area contributed by atoms with Gasteiger partial charge in [-0.2, -0.15) is 0 Å². The minimum absolute atomic E-state index is 0.206. The Hall–Kier alpha value is -2.96. The van der Waals surface area contributed by atoms with Crippen LogP contribution in [0.1, 0.15) is 40.3 Å². The molecule has 7 nitrogen and oxygen atoms in total. The van der Waals surface area contributed by atoms with Crippen LogP contribution in [0.15, 0.2) is 27.8 Å². The predicted octanol–water partition coefficient (Wildman–Crippen LogP) is 3.37. The third-order valence-corrected chi connectivity index (χ3v) is 4.31. The molecule has 1 aliphatic rings. The fourth-order valence-electron chi connectivity index (χ4n) is 3.08. The summed E-state index contributed by atoms with van der Waals surface area (Å²) >= 11 is 0. The number of anilines is 1. The van der Waals surface area contributed by atoms with Gasteiger partial charge in [0, 0.05) is 23.6 Å². The Morgan fingerprint density at radius 2 is 2.08 bits per heavy atom. The second kappa shape index (κ2) is 6.88. The average Bonchev–Trinajstić information content (AvgIpc) is 2.98. The Bertz CT molecular complexity index is 838. The fourth-order valence-corrected chi connectivity index (χ4v) is 3.08. The quantitative estimate of drug-likeness (QED) is 0.655. The molecule has 0 bridgehead atoms. The van der Waals surface area contributed by atoms with Crippen LogP contribution in [0.2, 0.25) is 0 Å². The van der Waals surface area contributed by atoms with E-state index < -0.39 is 5.91 Å². The lowest BCUT2D eigenvalue weighted by molar-refractivity contribution is 0.0993. The number of carbonyl (C=O) groups excluding carboxylic acids is 1. The molecule has 2 N–H and O–H groups in total. The van der Waals surface area contributed by atoms with Crippen molar-refractivity contribution in [1.82, 2.24) is 0 Å². The van der Waals surface area contributed by atoms with Crippen LogP contribution < -0.4 is 14.8 Å². The molecule has 132 valence electrons. The van der Waals surface area contributed by atoms with Crippen LogP contribution in [0.25, 0.3) is 0 Å². The predicted molar refractivity (Wildman–Crippen MR) is 92.2 cm³/mol. The van der Waals surface area contributed by atoms with Crippen LogP contribution in [0.3, 0.4) is 0 Å². The van der Waals surface area contributed by atoms with E-state index in [1.54, 1.807) is 32.2 Å². The Balaban J connectivity index is 1.94. The standard InChI is InChI=1S/C18H20N2O5/c1-10-16-12(20-22)5-4-6-15(16)25-17(10)18(21)19-13-9-11(23-2)7-8-14(13)24-3/h7-9,22H,4-6H2,1-3H3,(H,19,21)/b20-12-. The van der Waals surface area contributed by atoms with Gasteiger partial charge in [-0.1, -0.05) is 5.16 Å². The smallest absolute Gasteiger partial charge is 0.291 e. The van der Waals surface area contributed by atoms with Crippen molar-refractivity contribution in [2.75, 3.05) is 19.5 Å². The second-order valence-corrected chi connectivity index (χ2v) is 5.77. The number of nitrogens with one attached hydrogen (secondary N) is 1. The third-order valence-electron chi connectivity index (χ3n) is 4.31. The topological polar surface area (TPSA) is 93.3 Å². The highest BCUT2D eigenvalue weighted by atomic mass is 16.5. The number of ether oxygens (including phenoxy) is 2. The van der Waals surface area contributed by atoms with Crippen LogP contribution in [-0.2, 0) is 6.42 Å². The monoisotopic (exact) mass is 344 g/mol. The number of aryl methyl sites for hydroxylation is 1. The molecule has 0 aliphatic heterocycles. The van der Waals surface area contributed by atoms with E-state index in [9.17, 15) is 10.0 Å². The lowest BCUT2D eigenvalue weighted by Crippen LogP contribution is -2.14. The van der Waals surface area contributed by atoms with Gasteiger partial charge in [0.15, 0.2) is 5.76 Å². The first-order chi connectivity index (χ1) is 12.1. The van der Waals surface area contributed by atoms with Gasteiger partial charge in [-0.3, -0.25) is 4.79 Å². The molecule has 0 spiro atoms. The van der Waals surface area contributed by atoms with E-state index in [1.165, 1.54) is 7.11 Å². The summed E-state index contributed by atoms with van der Waals surface area (Å²) < 4.78 is 16.2. The van der Waals surface area contributed by atoms with Gasteiger partial charge >= 0.3 is 0 Å². The minimum Gasteiger partial charge on any atom is -0.497 e. The molecule has 0 radical (unpaired) electrons. The zero-order chi connectivity index (χ0) is 18.0. The van der Waals surface area contributed by atoms with Crippen molar-refractivity contribution < 1.29 is 23.9 Å². The molecule has 2 aromatic rings. The summed E-state index contributed by atoms with van der Waals surface area (Å²) in [6.45, 7) is 1.79. The highest BCUT2D eigenvalue weighted by molar-refractivity contribution is 6.09. The molecule has 1 aliphatic carbocycles. The number of carbonyl (C=O) groups is 1. The number of oxime groups is 1. The van der Waals surface area contributed by atoms with Crippen molar-refractivity contribution in [2.45, 2.75) is 26.2 Å². The van der Waals surface area contributed by atoms with Gasteiger partial charge in [0.2, 0.25) is 0 Å². The number of benzene rings is 1. The summed E-state index contributed by atoms with van der Waals surface area (Å²) in [7, 11) is 3.08. The first-order valence-corrected chi connectivity index (χ1v) is 7.96. The maximum atomic E-state index is 12.7. The SMILES string of the molecule is COc1ccc(OC)c(NC(=O)c2oc3c(c2C)/C(=N\O)CCC3)c1. The number of amides is 1. The molecular weight excluding hydrogens is 324 g/mol. The summed E-state index contributed by atoms with van der Waals surface area (Å²) in [5, 5.41) is 15.3. The average molecular weight is 344 g/mol. The Kier molecular flexibility index (Phi) is 4.65. The van der Waals surface area contributed by atoms with Gasteiger partial charge in [0.25, 0.3) is 5.91 Å². The number of hydrogen-bond donors (Lipinski definition) is 2. The molecule has 25 heavy (non-hydrogen) atoms. The Morgan fingerprint density at radius 3 is 2.76 bits per heavy atom. The lowest BCUT2D eigenvalue weighted by atomic mass is 9.93. The van der Waals surface area contributed by atoms with E-state index in [4.69, 9.17) is 13.9 Å². The van der Waals surface area contributed by atoms with E-state index in [0.717, 1.165) is 12.0 Å². The largest absolute Gasteiger partial charge is 0.497 e. The van der Waals surface area contributed by atoms with Crippen molar-refractivity contribution in [3.05, 3.63) is 40.8 Å². The summed E-state index contributed by atoms with van der Waals surface area (Å²) in [5.41, 5.74) is 2.44. The first kappa shape index (κ1) is 16.9. The third kappa shape index (κ3) is 3.05. The summed E-state index contributed by atoms with van der Waals surface area (Å²) in [6, 6.07) is 5.13. The van der Waals surface area contributed by atoms with Crippen LogP contribution in [-0.4, -0.2) is 31.0 Å². The Morgan fingerprint density at radius 1 is 1.28 bits per heavy atom. The summed E-state index contributed by atoms with van der Waals surface area (Å²) in [4.78, 5) is 12.7. The Labute approximate surface area is 145 Å².